The number of carbonyl (C=O) groups excluding carboxylic acids is 3. The van der Waals surface area contributed by atoms with Crippen molar-refractivity contribution in [3.8, 4) is 0 Å². The summed E-state index contributed by atoms with van der Waals surface area (Å²) in [5.74, 6) is -2.05. The monoisotopic (exact) mass is 367 g/mol. The minimum atomic E-state index is -1.11. The summed E-state index contributed by atoms with van der Waals surface area (Å²) in [6.07, 6.45) is -1.11. The zero-order valence-corrected chi connectivity index (χ0v) is 14.1. The number of esters is 1. The number of anilines is 2. The molecule has 9 heteroatoms. The molecule has 0 saturated heterocycles. The van der Waals surface area contributed by atoms with Crippen molar-refractivity contribution in [2.75, 3.05) is 11.1 Å². The van der Waals surface area contributed by atoms with Crippen LogP contribution in [0, 0.1) is 0 Å². The van der Waals surface area contributed by atoms with Crippen LogP contribution in [-0.2, 0) is 9.53 Å². The molecule has 1 atom stereocenters. The van der Waals surface area contributed by atoms with Crippen LogP contribution >= 0.6 is 22.9 Å². The molecule has 2 rings (SSSR count). The molecule has 7 nitrogen and oxygen atoms in total. The molecule has 1 unspecified atom stereocenters. The van der Waals surface area contributed by atoms with Crippen LogP contribution < -0.4 is 16.8 Å². The molecule has 0 radical (unpaired) electrons. The van der Waals surface area contributed by atoms with E-state index in [1.165, 1.54) is 25.1 Å². The van der Waals surface area contributed by atoms with Crippen LogP contribution in [0.15, 0.2) is 29.6 Å². The summed E-state index contributed by atoms with van der Waals surface area (Å²) in [5, 5.41) is 4.61. The first-order valence-electron chi connectivity index (χ1n) is 6.74. The number of para-hydroxylation sites is 1. The number of nitrogens with two attached hydrogens (primary N) is 2. The van der Waals surface area contributed by atoms with Gasteiger partial charge in [-0.1, -0.05) is 17.7 Å². The van der Waals surface area contributed by atoms with Crippen LogP contribution in [0.25, 0.3) is 0 Å². The lowest BCUT2D eigenvalue weighted by atomic mass is 10.2. The quantitative estimate of drug-likeness (QED) is 0.552. The van der Waals surface area contributed by atoms with Crippen molar-refractivity contribution in [3.63, 3.8) is 0 Å². The standard InChI is InChI=1S/C15H14ClN3O4S/c1-7(13(21)19-14-9(12(18)20)5-6-24-14)23-15(22)8-3-2-4-10(16)11(8)17/h2-7H,17H2,1H3,(H2,18,20)(H,19,21). The molecular formula is C15H14ClN3O4S. The van der Waals surface area contributed by atoms with Gasteiger partial charge in [0.05, 0.1) is 21.8 Å². The van der Waals surface area contributed by atoms with Gasteiger partial charge in [0.2, 0.25) is 0 Å². The third-order valence-electron chi connectivity index (χ3n) is 3.09. The number of hydrogen-bond donors (Lipinski definition) is 3. The fourth-order valence-corrected chi connectivity index (χ4v) is 2.78. The molecular weight excluding hydrogens is 354 g/mol. The van der Waals surface area contributed by atoms with Crippen LogP contribution in [-0.4, -0.2) is 23.9 Å². The SMILES string of the molecule is CC(OC(=O)c1cccc(Cl)c1N)C(=O)Nc1sccc1C(N)=O. The zero-order valence-electron chi connectivity index (χ0n) is 12.5. The highest BCUT2D eigenvalue weighted by molar-refractivity contribution is 7.14. The normalized spacial score (nSPS) is 11.6. The predicted molar refractivity (Wildman–Crippen MR) is 92.2 cm³/mol. The Morgan fingerprint density at radius 2 is 1.96 bits per heavy atom. The van der Waals surface area contributed by atoms with Gasteiger partial charge in [-0.2, -0.15) is 0 Å². The van der Waals surface area contributed by atoms with Crippen LogP contribution in [0.3, 0.4) is 0 Å². The predicted octanol–water partition coefficient (Wildman–Crippen LogP) is 2.27. The number of rotatable bonds is 5. The van der Waals surface area contributed by atoms with E-state index in [4.69, 9.17) is 27.8 Å². The van der Waals surface area contributed by atoms with Crippen molar-refractivity contribution < 1.29 is 19.1 Å². The number of ether oxygens (including phenoxy) is 1. The summed E-state index contributed by atoms with van der Waals surface area (Å²) in [5.41, 5.74) is 11.2. The maximum Gasteiger partial charge on any atom is 0.341 e. The molecule has 0 aliphatic heterocycles. The third kappa shape index (κ3) is 3.84. The molecule has 1 aromatic carbocycles. The van der Waals surface area contributed by atoms with Gasteiger partial charge in [-0.05, 0) is 30.5 Å². The van der Waals surface area contributed by atoms with Crippen LogP contribution in [0.4, 0.5) is 10.7 Å². The Kier molecular flexibility index (Phi) is 5.42. The van der Waals surface area contributed by atoms with Crippen LogP contribution in [0.1, 0.15) is 27.6 Å². The summed E-state index contributed by atoms with van der Waals surface area (Å²) in [7, 11) is 0. The summed E-state index contributed by atoms with van der Waals surface area (Å²) in [6.45, 7) is 1.39. The Balaban J connectivity index is 2.06. The van der Waals surface area contributed by atoms with Crippen molar-refractivity contribution >= 4 is 51.4 Å². The number of thiophene rings is 1. The van der Waals surface area contributed by atoms with E-state index in [2.05, 4.69) is 5.32 Å². The van der Waals surface area contributed by atoms with E-state index in [1.807, 2.05) is 0 Å². The van der Waals surface area contributed by atoms with E-state index >= 15 is 0 Å². The lowest BCUT2D eigenvalue weighted by Crippen LogP contribution is -2.30. The molecule has 2 aromatic rings. The second-order valence-corrected chi connectivity index (χ2v) is 6.09. The van der Waals surface area contributed by atoms with E-state index in [0.717, 1.165) is 11.3 Å². The molecule has 0 saturated carbocycles. The van der Waals surface area contributed by atoms with Gasteiger partial charge in [0.1, 0.15) is 5.00 Å². The molecule has 0 bridgehead atoms. The van der Waals surface area contributed by atoms with Gasteiger partial charge < -0.3 is 21.5 Å². The average molecular weight is 368 g/mol. The smallest absolute Gasteiger partial charge is 0.341 e. The molecule has 0 aliphatic carbocycles. The van der Waals surface area contributed by atoms with E-state index in [9.17, 15) is 14.4 Å². The average Bonchev–Trinajstić information content (AvgIpc) is 2.98. The molecule has 0 fully saturated rings. The third-order valence-corrected chi connectivity index (χ3v) is 4.25. The second-order valence-electron chi connectivity index (χ2n) is 4.77. The highest BCUT2D eigenvalue weighted by Gasteiger charge is 2.22. The van der Waals surface area contributed by atoms with Crippen molar-refractivity contribution in [1.82, 2.24) is 0 Å². The summed E-state index contributed by atoms with van der Waals surface area (Å²) >= 11 is 6.98. The maximum atomic E-state index is 12.1. The second kappa shape index (κ2) is 7.33. The van der Waals surface area contributed by atoms with Gasteiger partial charge in [-0.15, -0.1) is 11.3 Å². The van der Waals surface area contributed by atoms with Gasteiger partial charge in [-0.25, -0.2) is 4.79 Å². The summed E-state index contributed by atoms with van der Waals surface area (Å²) in [6, 6.07) is 6.02. The van der Waals surface area contributed by atoms with Crippen molar-refractivity contribution in [2.45, 2.75) is 13.0 Å². The molecule has 0 aliphatic rings. The molecule has 24 heavy (non-hydrogen) atoms. The van der Waals surface area contributed by atoms with Gasteiger partial charge >= 0.3 is 5.97 Å². The maximum absolute atomic E-state index is 12.1. The number of benzene rings is 1. The highest BCUT2D eigenvalue weighted by Crippen LogP contribution is 2.25. The summed E-state index contributed by atoms with van der Waals surface area (Å²) in [4.78, 5) is 35.4. The van der Waals surface area contributed by atoms with Crippen molar-refractivity contribution in [2.24, 2.45) is 5.73 Å². The summed E-state index contributed by atoms with van der Waals surface area (Å²) < 4.78 is 5.08. The Morgan fingerprint density at radius 1 is 1.25 bits per heavy atom. The Hall–Kier alpha value is -2.58. The minimum absolute atomic E-state index is 0.0658. The fraction of sp³-hybridized carbons (Fsp3) is 0.133. The first-order chi connectivity index (χ1) is 11.3. The molecule has 5 N–H and O–H groups in total. The highest BCUT2D eigenvalue weighted by atomic mass is 35.5. The number of hydrogen-bond acceptors (Lipinski definition) is 6. The number of nitrogens with one attached hydrogen (secondary N) is 1. The van der Waals surface area contributed by atoms with E-state index in [0.29, 0.717) is 0 Å². The van der Waals surface area contributed by atoms with Gasteiger partial charge in [0.25, 0.3) is 11.8 Å². The largest absolute Gasteiger partial charge is 0.449 e. The van der Waals surface area contributed by atoms with Crippen LogP contribution in [0.2, 0.25) is 5.02 Å². The van der Waals surface area contributed by atoms with Gasteiger partial charge in [0.15, 0.2) is 6.10 Å². The fourth-order valence-electron chi connectivity index (χ4n) is 1.81. The number of carbonyl (C=O) groups is 3. The van der Waals surface area contributed by atoms with Gasteiger partial charge in [0, 0.05) is 0 Å². The molecule has 1 heterocycles. The number of nitrogen functional groups attached to an aromatic ring is 1. The first-order valence-corrected chi connectivity index (χ1v) is 8.00. The van der Waals surface area contributed by atoms with Crippen molar-refractivity contribution in [3.05, 3.63) is 45.8 Å². The van der Waals surface area contributed by atoms with Crippen LogP contribution in [0.5, 0.6) is 0 Å². The Labute approximate surface area is 146 Å². The number of halogens is 1. The van der Waals surface area contributed by atoms with E-state index < -0.39 is 23.9 Å². The lowest BCUT2D eigenvalue weighted by Gasteiger charge is -2.14. The molecule has 2 amide bonds. The van der Waals surface area contributed by atoms with E-state index in [1.54, 1.807) is 11.4 Å². The number of primary amides is 1. The zero-order chi connectivity index (χ0) is 17.9. The topological polar surface area (TPSA) is 125 Å². The van der Waals surface area contributed by atoms with Gasteiger partial charge in [-0.3, -0.25) is 9.59 Å². The Bertz CT molecular complexity index is 806. The number of amides is 2. The van der Waals surface area contributed by atoms with E-state index in [-0.39, 0.29) is 26.8 Å². The lowest BCUT2D eigenvalue weighted by molar-refractivity contribution is -0.123. The molecule has 0 spiro atoms. The minimum Gasteiger partial charge on any atom is -0.449 e. The molecule has 126 valence electrons. The Morgan fingerprint density at radius 3 is 2.62 bits per heavy atom. The molecule has 1 aromatic heterocycles. The van der Waals surface area contributed by atoms with Crippen molar-refractivity contribution in [1.29, 1.82) is 0 Å². The first kappa shape index (κ1) is 17.8.